The van der Waals surface area contributed by atoms with Crippen molar-refractivity contribution in [3.63, 3.8) is 0 Å². The molecular formula is C24H23F3N2O5. The van der Waals surface area contributed by atoms with E-state index in [4.69, 9.17) is 14.9 Å². The number of aliphatic hydroxyl groups excluding tert-OH is 3. The van der Waals surface area contributed by atoms with Crippen LogP contribution in [0.3, 0.4) is 0 Å². The Bertz CT molecular complexity index is 1120. The summed E-state index contributed by atoms with van der Waals surface area (Å²) in [5.41, 5.74) is 0.761. The van der Waals surface area contributed by atoms with Crippen molar-refractivity contribution >= 4 is 5.91 Å². The largest absolute Gasteiger partial charge is 0.457 e. The molecule has 3 rings (SSSR count). The first-order chi connectivity index (χ1) is 16.2. The van der Waals surface area contributed by atoms with E-state index in [1.54, 1.807) is 36.4 Å². The van der Waals surface area contributed by atoms with Crippen LogP contribution in [0.25, 0.3) is 11.3 Å². The Hall–Kier alpha value is -3.47. The van der Waals surface area contributed by atoms with Gasteiger partial charge in [-0.25, -0.2) is 0 Å². The smallest absolute Gasteiger partial charge is 0.416 e. The summed E-state index contributed by atoms with van der Waals surface area (Å²) < 4.78 is 45.2. The second kappa shape index (κ2) is 11.1. The standard InChI is InChI=1S/C24H23F3N2O5/c25-24(26,27)16-6-9-22(20(12-16)23(33)28-13-18(32)14-31)34-19-7-4-15(5-8-19)21-3-1-2-17(29-21)10-11-30/h1-9,12,18,30-32H,10-11,13-14H2,(H,28,33). The molecule has 1 heterocycles. The molecule has 10 heteroatoms. The molecule has 0 saturated carbocycles. The maximum absolute atomic E-state index is 13.2. The van der Waals surface area contributed by atoms with Gasteiger partial charge < -0.3 is 25.4 Å². The molecule has 0 aliphatic rings. The van der Waals surface area contributed by atoms with E-state index in [2.05, 4.69) is 10.3 Å². The molecule has 0 saturated heterocycles. The summed E-state index contributed by atoms with van der Waals surface area (Å²) >= 11 is 0. The van der Waals surface area contributed by atoms with E-state index >= 15 is 0 Å². The van der Waals surface area contributed by atoms with Crippen molar-refractivity contribution < 1.29 is 38.0 Å². The molecule has 0 radical (unpaired) electrons. The van der Waals surface area contributed by atoms with Crippen molar-refractivity contribution in [2.24, 2.45) is 0 Å². The number of aliphatic hydroxyl groups is 3. The van der Waals surface area contributed by atoms with Gasteiger partial charge in [-0.15, -0.1) is 0 Å². The number of halogens is 3. The van der Waals surface area contributed by atoms with Gasteiger partial charge >= 0.3 is 6.18 Å². The summed E-state index contributed by atoms with van der Waals surface area (Å²) in [4.78, 5) is 17.0. The summed E-state index contributed by atoms with van der Waals surface area (Å²) in [5.74, 6) is -0.727. The number of alkyl halides is 3. The van der Waals surface area contributed by atoms with E-state index in [9.17, 15) is 23.1 Å². The average molecular weight is 476 g/mol. The molecule has 1 amide bonds. The Morgan fingerprint density at radius 1 is 1.06 bits per heavy atom. The minimum absolute atomic E-state index is 0.0226. The molecule has 1 unspecified atom stereocenters. The number of amides is 1. The third-order valence-corrected chi connectivity index (χ3v) is 4.81. The highest BCUT2D eigenvalue weighted by molar-refractivity contribution is 5.97. The first-order valence-electron chi connectivity index (χ1n) is 10.3. The number of pyridine rings is 1. The predicted molar refractivity (Wildman–Crippen MR) is 117 cm³/mol. The SMILES string of the molecule is O=C(NCC(O)CO)c1cc(C(F)(F)F)ccc1Oc1ccc(-c2cccc(CCO)n2)cc1. The summed E-state index contributed by atoms with van der Waals surface area (Å²) in [6.45, 7) is -0.983. The predicted octanol–water partition coefficient (Wildman–Crippen LogP) is 3.18. The molecule has 4 N–H and O–H groups in total. The number of nitrogens with zero attached hydrogens (tertiary/aromatic N) is 1. The van der Waals surface area contributed by atoms with Crippen molar-refractivity contribution in [1.29, 1.82) is 0 Å². The molecular weight excluding hydrogens is 453 g/mol. The Morgan fingerprint density at radius 3 is 2.44 bits per heavy atom. The van der Waals surface area contributed by atoms with Gasteiger partial charge in [0.05, 0.1) is 29.5 Å². The number of aromatic nitrogens is 1. The lowest BCUT2D eigenvalue weighted by molar-refractivity contribution is -0.137. The van der Waals surface area contributed by atoms with Crippen LogP contribution in [0.4, 0.5) is 13.2 Å². The fraction of sp³-hybridized carbons (Fsp3) is 0.250. The molecule has 2 aromatic carbocycles. The van der Waals surface area contributed by atoms with Gasteiger partial charge in [0.25, 0.3) is 5.91 Å². The normalized spacial score (nSPS) is 12.3. The van der Waals surface area contributed by atoms with Crippen LogP contribution in [0.5, 0.6) is 11.5 Å². The van der Waals surface area contributed by atoms with Crippen LogP contribution in [-0.2, 0) is 12.6 Å². The molecule has 0 fully saturated rings. The highest BCUT2D eigenvalue weighted by atomic mass is 19.4. The van der Waals surface area contributed by atoms with E-state index in [1.807, 2.05) is 6.07 Å². The van der Waals surface area contributed by atoms with Crippen LogP contribution in [0.2, 0.25) is 0 Å². The number of ether oxygens (including phenoxy) is 1. The molecule has 0 aliphatic heterocycles. The highest BCUT2D eigenvalue weighted by Gasteiger charge is 2.32. The van der Waals surface area contributed by atoms with Crippen LogP contribution in [0.1, 0.15) is 21.6 Å². The topological polar surface area (TPSA) is 112 Å². The minimum Gasteiger partial charge on any atom is -0.457 e. The molecule has 180 valence electrons. The van der Waals surface area contributed by atoms with E-state index in [0.717, 1.165) is 23.4 Å². The van der Waals surface area contributed by atoms with Gasteiger partial charge in [0.1, 0.15) is 11.5 Å². The molecule has 1 atom stereocenters. The van der Waals surface area contributed by atoms with E-state index in [1.165, 1.54) is 0 Å². The lowest BCUT2D eigenvalue weighted by Gasteiger charge is -2.15. The second-order valence-corrected chi connectivity index (χ2v) is 7.37. The van der Waals surface area contributed by atoms with Crippen molar-refractivity contribution in [1.82, 2.24) is 10.3 Å². The van der Waals surface area contributed by atoms with Gasteiger partial charge in [-0.2, -0.15) is 13.2 Å². The quantitative estimate of drug-likeness (QED) is 0.378. The summed E-state index contributed by atoms with van der Waals surface area (Å²) in [6.07, 6.45) is -5.50. The highest BCUT2D eigenvalue weighted by Crippen LogP contribution is 2.34. The van der Waals surface area contributed by atoms with Gasteiger partial charge in [-0.05, 0) is 54.6 Å². The van der Waals surface area contributed by atoms with Crippen LogP contribution in [0.15, 0.2) is 60.7 Å². The number of benzene rings is 2. The van der Waals surface area contributed by atoms with Crippen LogP contribution < -0.4 is 10.1 Å². The molecule has 34 heavy (non-hydrogen) atoms. The zero-order valence-corrected chi connectivity index (χ0v) is 17.9. The van der Waals surface area contributed by atoms with Crippen LogP contribution in [0, 0.1) is 0 Å². The van der Waals surface area contributed by atoms with Gasteiger partial charge in [-0.1, -0.05) is 6.07 Å². The zero-order valence-electron chi connectivity index (χ0n) is 17.9. The number of carbonyl (C=O) groups is 1. The minimum atomic E-state index is -4.67. The van der Waals surface area contributed by atoms with E-state index < -0.39 is 30.4 Å². The average Bonchev–Trinajstić information content (AvgIpc) is 2.82. The van der Waals surface area contributed by atoms with Gasteiger partial charge in [0.2, 0.25) is 0 Å². The third kappa shape index (κ3) is 6.53. The van der Waals surface area contributed by atoms with Crippen molar-refractivity contribution in [3.8, 4) is 22.8 Å². The molecule has 0 bridgehead atoms. The van der Waals surface area contributed by atoms with Crippen molar-refractivity contribution in [3.05, 3.63) is 77.5 Å². The molecule has 1 aromatic heterocycles. The third-order valence-electron chi connectivity index (χ3n) is 4.81. The second-order valence-electron chi connectivity index (χ2n) is 7.37. The van der Waals surface area contributed by atoms with Crippen LogP contribution in [-0.4, -0.2) is 52.1 Å². The first kappa shape index (κ1) is 25.2. The first-order valence-corrected chi connectivity index (χ1v) is 10.3. The lowest BCUT2D eigenvalue weighted by atomic mass is 10.1. The fourth-order valence-corrected chi connectivity index (χ4v) is 3.06. The zero-order chi connectivity index (χ0) is 24.7. The van der Waals surface area contributed by atoms with Crippen molar-refractivity contribution in [2.75, 3.05) is 19.8 Å². The number of hydrogen-bond donors (Lipinski definition) is 4. The Kier molecular flexibility index (Phi) is 8.21. The monoisotopic (exact) mass is 476 g/mol. The number of nitrogens with one attached hydrogen (secondary N) is 1. The number of carbonyl (C=O) groups excluding carboxylic acids is 1. The van der Waals surface area contributed by atoms with Crippen LogP contribution >= 0.6 is 0 Å². The molecule has 7 nitrogen and oxygen atoms in total. The number of hydrogen-bond acceptors (Lipinski definition) is 6. The van der Waals surface area contributed by atoms with Gasteiger partial charge in [0.15, 0.2) is 0 Å². The molecule has 0 aliphatic carbocycles. The van der Waals surface area contributed by atoms with E-state index in [0.29, 0.717) is 18.2 Å². The maximum Gasteiger partial charge on any atom is 0.416 e. The summed E-state index contributed by atoms with van der Waals surface area (Å²) in [7, 11) is 0. The Balaban J connectivity index is 1.85. The van der Waals surface area contributed by atoms with Gasteiger partial charge in [0, 0.05) is 30.8 Å². The van der Waals surface area contributed by atoms with E-state index in [-0.39, 0.29) is 30.2 Å². The van der Waals surface area contributed by atoms with Crippen molar-refractivity contribution in [2.45, 2.75) is 18.7 Å². The Morgan fingerprint density at radius 2 is 1.79 bits per heavy atom. The lowest BCUT2D eigenvalue weighted by Crippen LogP contribution is -2.34. The fourth-order valence-electron chi connectivity index (χ4n) is 3.06. The van der Waals surface area contributed by atoms with Gasteiger partial charge in [-0.3, -0.25) is 9.78 Å². The molecule has 3 aromatic rings. The summed E-state index contributed by atoms with van der Waals surface area (Å²) in [6, 6.07) is 14.5. The number of rotatable bonds is 9. The maximum atomic E-state index is 13.2. The Labute approximate surface area is 193 Å². The molecule has 0 spiro atoms. The summed E-state index contributed by atoms with van der Waals surface area (Å²) in [5, 5.41) is 29.7.